The van der Waals surface area contributed by atoms with Gasteiger partial charge in [-0.3, -0.25) is 0 Å². The molecule has 100 valence electrons. The molecular weight excluding hydrogens is 306 g/mol. The van der Waals surface area contributed by atoms with Crippen LogP contribution in [0.2, 0.25) is 10.0 Å². The van der Waals surface area contributed by atoms with E-state index in [1.54, 1.807) is 30.3 Å². The third kappa shape index (κ3) is 3.86. The van der Waals surface area contributed by atoms with E-state index in [1.807, 2.05) is 0 Å². The monoisotopic (exact) mass is 316 g/mol. The van der Waals surface area contributed by atoms with Crippen LogP contribution in [-0.2, 0) is 0 Å². The quantitative estimate of drug-likeness (QED) is 0.805. The van der Waals surface area contributed by atoms with E-state index in [1.165, 1.54) is 23.9 Å². The molecule has 1 nitrogen and oxygen atoms in total. The number of aliphatic hydroxyl groups excluding tert-OH is 1. The third-order valence-electron chi connectivity index (χ3n) is 2.56. The van der Waals surface area contributed by atoms with E-state index in [0.29, 0.717) is 21.4 Å². The minimum absolute atomic E-state index is 0.275. The fourth-order valence-corrected chi connectivity index (χ4v) is 2.87. The molecule has 19 heavy (non-hydrogen) atoms. The highest BCUT2D eigenvalue weighted by molar-refractivity contribution is 7.99. The molecule has 0 bridgehead atoms. The van der Waals surface area contributed by atoms with Crippen LogP contribution >= 0.6 is 35.0 Å². The summed E-state index contributed by atoms with van der Waals surface area (Å²) in [6.45, 7) is 0. The molecule has 0 spiro atoms. The Morgan fingerprint density at radius 2 is 1.79 bits per heavy atom. The van der Waals surface area contributed by atoms with Gasteiger partial charge in [0.25, 0.3) is 0 Å². The van der Waals surface area contributed by atoms with Crippen molar-refractivity contribution in [1.82, 2.24) is 0 Å². The highest BCUT2D eigenvalue weighted by Gasteiger charge is 2.13. The summed E-state index contributed by atoms with van der Waals surface area (Å²) < 4.78 is 12.8. The van der Waals surface area contributed by atoms with Crippen LogP contribution in [-0.4, -0.2) is 10.9 Å². The SMILES string of the molecule is OC(CSc1ccc(F)cc1)c1cccc(Cl)c1Cl. The summed E-state index contributed by atoms with van der Waals surface area (Å²) in [5, 5.41) is 10.9. The predicted octanol–water partition coefficient (Wildman–Crippen LogP) is 4.96. The molecule has 0 saturated carbocycles. The lowest BCUT2D eigenvalue weighted by Crippen LogP contribution is -2.01. The van der Waals surface area contributed by atoms with Crippen LogP contribution in [0.1, 0.15) is 11.7 Å². The van der Waals surface area contributed by atoms with Gasteiger partial charge in [0.2, 0.25) is 0 Å². The van der Waals surface area contributed by atoms with Gasteiger partial charge in [0.05, 0.1) is 16.1 Å². The summed E-state index contributed by atoms with van der Waals surface area (Å²) in [7, 11) is 0. The zero-order valence-corrected chi connectivity index (χ0v) is 12.1. The van der Waals surface area contributed by atoms with Crippen molar-refractivity contribution in [2.24, 2.45) is 0 Å². The second kappa shape index (κ2) is 6.62. The van der Waals surface area contributed by atoms with Crippen molar-refractivity contribution in [2.75, 3.05) is 5.75 Å². The Kier molecular flexibility index (Phi) is 5.11. The van der Waals surface area contributed by atoms with E-state index < -0.39 is 6.10 Å². The average molecular weight is 317 g/mol. The Hall–Kier alpha value is -0.740. The van der Waals surface area contributed by atoms with Gasteiger partial charge in [-0.05, 0) is 30.3 Å². The Morgan fingerprint density at radius 1 is 1.11 bits per heavy atom. The molecule has 0 aliphatic rings. The number of rotatable bonds is 4. The predicted molar refractivity (Wildman–Crippen MR) is 78.5 cm³/mol. The second-order valence-corrected chi connectivity index (χ2v) is 5.80. The molecule has 1 N–H and O–H groups in total. The van der Waals surface area contributed by atoms with E-state index in [0.717, 1.165) is 4.90 Å². The summed E-state index contributed by atoms with van der Waals surface area (Å²) in [5.74, 6) is 0.147. The molecule has 0 aromatic heterocycles. The first-order valence-corrected chi connectivity index (χ1v) is 7.32. The lowest BCUT2D eigenvalue weighted by molar-refractivity contribution is 0.204. The van der Waals surface area contributed by atoms with Crippen molar-refractivity contribution < 1.29 is 9.50 Å². The van der Waals surface area contributed by atoms with Gasteiger partial charge in [-0.2, -0.15) is 0 Å². The largest absolute Gasteiger partial charge is 0.387 e. The molecule has 0 aliphatic carbocycles. The van der Waals surface area contributed by atoms with E-state index in [-0.39, 0.29) is 5.82 Å². The first kappa shape index (κ1) is 14.7. The number of hydrogen-bond donors (Lipinski definition) is 1. The van der Waals surface area contributed by atoms with E-state index in [4.69, 9.17) is 23.2 Å². The third-order valence-corrected chi connectivity index (χ3v) is 4.48. The Morgan fingerprint density at radius 3 is 2.47 bits per heavy atom. The molecule has 2 aromatic rings. The maximum absolute atomic E-state index is 12.8. The average Bonchev–Trinajstić information content (AvgIpc) is 2.41. The Bertz CT molecular complexity index is 560. The van der Waals surface area contributed by atoms with Gasteiger partial charge in [0, 0.05) is 16.2 Å². The summed E-state index contributed by atoms with van der Waals surface area (Å²) in [4.78, 5) is 0.888. The number of benzene rings is 2. The highest BCUT2D eigenvalue weighted by atomic mass is 35.5. The summed E-state index contributed by atoms with van der Waals surface area (Å²) in [6, 6.07) is 11.3. The number of thioether (sulfide) groups is 1. The molecule has 0 aliphatic heterocycles. The maximum Gasteiger partial charge on any atom is 0.123 e. The van der Waals surface area contributed by atoms with E-state index in [9.17, 15) is 9.50 Å². The van der Waals surface area contributed by atoms with Gasteiger partial charge in [0.15, 0.2) is 0 Å². The minimum atomic E-state index is -0.721. The summed E-state index contributed by atoms with van der Waals surface area (Å²) in [6.07, 6.45) is -0.721. The topological polar surface area (TPSA) is 20.2 Å². The summed E-state index contributed by atoms with van der Waals surface area (Å²) in [5.41, 5.74) is 0.601. The van der Waals surface area contributed by atoms with Gasteiger partial charge in [-0.25, -0.2) is 4.39 Å². The normalized spacial score (nSPS) is 12.4. The molecule has 5 heteroatoms. The van der Waals surface area contributed by atoms with Crippen LogP contribution in [0.5, 0.6) is 0 Å². The zero-order chi connectivity index (χ0) is 13.8. The minimum Gasteiger partial charge on any atom is -0.387 e. The van der Waals surface area contributed by atoms with Crippen LogP contribution < -0.4 is 0 Å². The fourth-order valence-electron chi connectivity index (χ4n) is 1.57. The van der Waals surface area contributed by atoms with Crippen molar-refractivity contribution in [3.63, 3.8) is 0 Å². The molecule has 2 rings (SSSR count). The molecule has 0 saturated heterocycles. The fraction of sp³-hybridized carbons (Fsp3) is 0.143. The van der Waals surface area contributed by atoms with Gasteiger partial charge in [0.1, 0.15) is 5.82 Å². The van der Waals surface area contributed by atoms with Crippen molar-refractivity contribution >= 4 is 35.0 Å². The zero-order valence-electron chi connectivity index (χ0n) is 9.82. The van der Waals surface area contributed by atoms with Crippen LogP contribution in [0, 0.1) is 5.82 Å². The molecule has 0 heterocycles. The van der Waals surface area contributed by atoms with Gasteiger partial charge < -0.3 is 5.11 Å². The van der Waals surface area contributed by atoms with Crippen molar-refractivity contribution in [2.45, 2.75) is 11.0 Å². The lowest BCUT2D eigenvalue weighted by Gasteiger charge is -2.13. The van der Waals surface area contributed by atoms with Crippen LogP contribution in [0.25, 0.3) is 0 Å². The van der Waals surface area contributed by atoms with Crippen molar-refractivity contribution in [3.05, 3.63) is 63.9 Å². The van der Waals surface area contributed by atoms with Crippen molar-refractivity contribution in [3.8, 4) is 0 Å². The lowest BCUT2D eigenvalue weighted by atomic mass is 10.1. The Balaban J connectivity index is 2.03. The maximum atomic E-state index is 12.8. The second-order valence-electron chi connectivity index (χ2n) is 3.92. The van der Waals surface area contributed by atoms with E-state index in [2.05, 4.69) is 0 Å². The molecule has 0 radical (unpaired) electrons. The van der Waals surface area contributed by atoms with Gasteiger partial charge in [-0.1, -0.05) is 35.3 Å². The first-order valence-electron chi connectivity index (χ1n) is 5.58. The summed E-state index contributed by atoms with van der Waals surface area (Å²) >= 11 is 13.4. The molecular formula is C14H11Cl2FOS. The van der Waals surface area contributed by atoms with E-state index >= 15 is 0 Å². The smallest absolute Gasteiger partial charge is 0.123 e. The van der Waals surface area contributed by atoms with Crippen LogP contribution in [0.15, 0.2) is 47.4 Å². The molecule has 0 amide bonds. The van der Waals surface area contributed by atoms with Gasteiger partial charge >= 0.3 is 0 Å². The molecule has 0 fully saturated rings. The first-order chi connectivity index (χ1) is 9.08. The van der Waals surface area contributed by atoms with Gasteiger partial charge in [-0.15, -0.1) is 11.8 Å². The Labute approximate surface area is 125 Å². The van der Waals surface area contributed by atoms with Crippen molar-refractivity contribution in [1.29, 1.82) is 0 Å². The number of hydrogen-bond acceptors (Lipinski definition) is 2. The van der Waals surface area contributed by atoms with Crippen LogP contribution in [0.3, 0.4) is 0 Å². The molecule has 2 aromatic carbocycles. The number of aliphatic hydroxyl groups is 1. The number of halogens is 3. The molecule has 1 unspecified atom stereocenters. The molecule has 1 atom stereocenters. The highest BCUT2D eigenvalue weighted by Crippen LogP contribution is 2.32. The van der Waals surface area contributed by atoms with Crippen LogP contribution in [0.4, 0.5) is 4.39 Å². The standard InChI is InChI=1S/C14H11Cl2FOS/c15-12-3-1-2-11(14(12)16)13(18)8-19-10-6-4-9(17)5-7-10/h1-7,13,18H,8H2.